The predicted octanol–water partition coefficient (Wildman–Crippen LogP) is 2.55. The van der Waals surface area contributed by atoms with Crippen LogP contribution in [0.5, 0.6) is 0 Å². The number of esters is 1. The molecule has 0 spiro atoms. The van der Waals surface area contributed by atoms with Crippen LogP contribution < -0.4 is 10.2 Å². The monoisotopic (exact) mass is 384 g/mol. The number of para-hydroxylation sites is 1. The number of methoxy groups -OCH3 is 1. The topological polar surface area (TPSA) is 75.7 Å². The molecule has 1 heterocycles. The van der Waals surface area contributed by atoms with Crippen molar-refractivity contribution in [2.24, 2.45) is 0 Å². The number of hydrogen-bond acceptors (Lipinski definition) is 5. The van der Waals surface area contributed by atoms with Gasteiger partial charge in [-0.3, -0.25) is 14.4 Å². The molecule has 1 aliphatic rings. The van der Waals surface area contributed by atoms with Crippen molar-refractivity contribution < 1.29 is 19.1 Å². The molecule has 27 heavy (non-hydrogen) atoms. The van der Waals surface area contributed by atoms with Crippen molar-refractivity contribution in [2.75, 3.05) is 24.3 Å². The second-order valence-corrected chi connectivity index (χ2v) is 7.06. The molecule has 1 unspecified atom stereocenters. The van der Waals surface area contributed by atoms with Crippen molar-refractivity contribution in [1.82, 2.24) is 5.32 Å². The number of hydrogen-bond donors (Lipinski definition) is 1. The molecule has 0 aromatic heterocycles. The number of rotatable bonds is 6. The van der Waals surface area contributed by atoms with Crippen LogP contribution in [0.4, 0.5) is 5.69 Å². The molecule has 1 aliphatic heterocycles. The number of fused-ring (bicyclic) bond motifs is 1. The summed E-state index contributed by atoms with van der Waals surface area (Å²) in [7, 11) is 1.31. The first-order valence-corrected chi connectivity index (χ1v) is 9.50. The third kappa shape index (κ3) is 4.68. The fourth-order valence-electron chi connectivity index (χ4n) is 2.90. The van der Waals surface area contributed by atoms with Crippen LogP contribution in [-0.2, 0) is 19.1 Å². The molecule has 0 radical (unpaired) electrons. The summed E-state index contributed by atoms with van der Waals surface area (Å²) in [6.07, 6.45) is 0.0205. The Hall–Kier alpha value is -2.80. The second kappa shape index (κ2) is 8.73. The summed E-state index contributed by atoms with van der Waals surface area (Å²) in [5.74, 6) is -0.560. The van der Waals surface area contributed by atoms with Gasteiger partial charge in [0.25, 0.3) is 0 Å². The minimum atomic E-state index is -0.518. The molecule has 3 rings (SSSR count). The van der Waals surface area contributed by atoms with Crippen LogP contribution in [-0.4, -0.2) is 37.2 Å². The molecule has 0 aliphatic carbocycles. The molecular formula is C20H20N2O4S. The van der Waals surface area contributed by atoms with Gasteiger partial charge in [-0.15, -0.1) is 11.8 Å². The van der Waals surface area contributed by atoms with E-state index < -0.39 is 12.0 Å². The van der Waals surface area contributed by atoms with Gasteiger partial charge in [-0.2, -0.15) is 0 Å². The van der Waals surface area contributed by atoms with Crippen LogP contribution in [0.25, 0.3) is 0 Å². The van der Waals surface area contributed by atoms with Crippen LogP contribution in [0.15, 0.2) is 59.5 Å². The maximum absolute atomic E-state index is 12.7. The first-order valence-electron chi connectivity index (χ1n) is 8.52. The third-order valence-corrected chi connectivity index (χ3v) is 5.29. The van der Waals surface area contributed by atoms with Gasteiger partial charge in [-0.1, -0.05) is 42.5 Å². The Bertz CT molecular complexity index is 841. The lowest BCUT2D eigenvalue weighted by molar-refractivity contribution is -0.141. The molecule has 0 saturated carbocycles. The van der Waals surface area contributed by atoms with E-state index in [4.69, 9.17) is 4.74 Å². The number of carbonyl (C=O) groups excluding carboxylic acids is 3. The van der Waals surface area contributed by atoms with E-state index in [1.165, 1.54) is 23.8 Å². The molecule has 140 valence electrons. The van der Waals surface area contributed by atoms with Gasteiger partial charge >= 0.3 is 5.97 Å². The van der Waals surface area contributed by atoms with E-state index in [0.717, 1.165) is 16.1 Å². The first kappa shape index (κ1) is 19.0. The van der Waals surface area contributed by atoms with Gasteiger partial charge < -0.3 is 15.0 Å². The minimum absolute atomic E-state index is 0.0205. The quantitative estimate of drug-likeness (QED) is 0.775. The average Bonchev–Trinajstić information content (AvgIpc) is 2.70. The largest absolute Gasteiger partial charge is 0.469 e. The molecular weight excluding hydrogens is 364 g/mol. The predicted molar refractivity (Wildman–Crippen MR) is 103 cm³/mol. The number of carbonyl (C=O) groups is 3. The summed E-state index contributed by atoms with van der Waals surface area (Å²) in [5, 5.41) is 2.86. The van der Waals surface area contributed by atoms with Crippen LogP contribution >= 0.6 is 11.8 Å². The highest BCUT2D eigenvalue weighted by Crippen LogP contribution is 2.34. The average molecular weight is 384 g/mol. The highest BCUT2D eigenvalue weighted by atomic mass is 32.2. The van der Waals surface area contributed by atoms with Gasteiger partial charge in [0.05, 0.1) is 31.0 Å². The Morgan fingerprint density at radius 2 is 1.85 bits per heavy atom. The van der Waals surface area contributed by atoms with Gasteiger partial charge in [-0.05, 0) is 17.7 Å². The lowest BCUT2D eigenvalue weighted by Crippen LogP contribution is -2.44. The zero-order chi connectivity index (χ0) is 19.2. The molecule has 2 aromatic rings. The summed E-state index contributed by atoms with van der Waals surface area (Å²) in [5.41, 5.74) is 1.54. The Morgan fingerprint density at radius 3 is 2.59 bits per heavy atom. The van der Waals surface area contributed by atoms with Crippen LogP contribution in [0.2, 0.25) is 0 Å². The Labute approximate surface area is 161 Å². The fraction of sp³-hybridized carbons (Fsp3) is 0.250. The highest BCUT2D eigenvalue weighted by Gasteiger charge is 2.27. The third-order valence-electron chi connectivity index (χ3n) is 4.25. The molecule has 0 fully saturated rings. The van der Waals surface area contributed by atoms with Gasteiger partial charge in [0.2, 0.25) is 11.8 Å². The number of thioether (sulfide) groups is 1. The van der Waals surface area contributed by atoms with Gasteiger partial charge in [-0.25, -0.2) is 0 Å². The van der Waals surface area contributed by atoms with E-state index in [-0.39, 0.29) is 24.8 Å². The Kier molecular flexibility index (Phi) is 6.13. The van der Waals surface area contributed by atoms with Gasteiger partial charge in [0.1, 0.15) is 6.54 Å². The Morgan fingerprint density at radius 1 is 1.15 bits per heavy atom. The van der Waals surface area contributed by atoms with Crippen molar-refractivity contribution in [1.29, 1.82) is 0 Å². The molecule has 1 atom stereocenters. The summed E-state index contributed by atoms with van der Waals surface area (Å²) in [6, 6.07) is 16.2. The lowest BCUT2D eigenvalue weighted by Gasteiger charge is -2.29. The standard InChI is InChI=1S/C20H20N2O4S/c1-26-20(25)11-15(14-7-3-2-4-8-14)21-18(23)12-22-16-9-5-6-10-17(16)27-13-19(22)24/h2-10,15H,11-13H2,1H3,(H,21,23). The minimum Gasteiger partial charge on any atom is -0.469 e. The highest BCUT2D eigenvalue weighted by molar-refractivity contribution is 8.00. The SMILES string of the molecule is COC(=O)CC(NC(=O)CN1C(=O)CSc2ccccc21)c1ccccc1. The van der Waals surface area contributed by atoms with E-state index >= 15 is 0 Å². The zero-order valence-corrected chi connectivity index (χ0v) is 15.7. The van der Waals surface area contributed by atoms with E-state index in [1.807, 2.05) is 54.6 Å². The molecule has 2 amide bonds. The Balaban J connectivity index is 1.74. The fourth-order valence-corrected chi connectivity index (χ4v) is 3.83. The van der Waals surface area contributed by atoms with Crippen molar-refractivity contribution in [3.05, 3.63) is 60.2 Å². The normalized spacial score (nSPS) is 14.3. The summed E-state index contributed by atoms with van der Waals surface area (Å²) in [4.78, 5) is 39.2. The van der Waals surface area contributed by atoms with Crippen LogP contribution in [0.3, 0.4) is 0 Å². The van der Waals surface area contributed by atoms with Crippen molar-refractivity contribution in [3.8, 4) is 0 Å². The smallest absolute Gasteiger partial charge is 0.307 e. The maximum atomic E-state index is 12.7. The lowest BCUT2D eigenvalue weighted by atomic mass is 10.0. The van der Waals surface area contributed by atoms with Gasteiger partial charge in [0, 0.05) is 4.90 Å². The van der Waals surface area contributed by atoms with Crippen molar-refractivity contribution in [2.45, 2.75) is 17.4 Å². The van der Waals surface area contributed by atoms with E-state index in [0.29, 0.717) is 5.75 Å². The van der Waals surface area contributed by atoms with E-state index in [2.05, 4.69) is 5.32 Å². The number of nitrogens with one attached hydrogen (secondary N) is 1. The number of benzene rings is 2. The van der Waals surface area contributed by atoms with Crippen LogP contribution in [0, 0.1) is 0 Å². The molecule has 7 heteroatoms. The molecule has 0 saturated heterocycles. The van der Waals surface area contributed by atoms with E-state index in [1.54, 1.807) is 0 Å². The summed E-state index contributed by atoms with van der Waals surface area (Å²) < 4.78 is 4.74. The van der Waals surface area contributed by atoms with Crippen LogP contribution in [0.1, 0.15) is 18.0 Å². The molecule has 6 nitrogen and oxygen atoms in total. The van der Waals surface area contributed by atoms with Gasteiger partial charge in [0.15, 0.2) is 0 Å². The maximum Gasteiger partial charge on any atom is 0.307 e. The number of anilines is 1. The molecule has 2 aromatic carbocycles. The van der Waals surface area contributed by atoms with E-state index in [9.17, 15) is 14.4 Å². The van der Waals surface area contributed by atoms with Crippen molar-refractivity contribution in [3.63, 3.8) is 0 Å². The first-order chi connectivity index (χ1) is 13.1. The summed E-state index contributed by atoms with van der Waals surface area (Å²) >= 11 is 1.47. The number of amides is 2. The second-order valence-electron chi connectivity index (χ2n) is 6.05. The number of ether oxygens (including phenoxy) is 1. The molecule has 1 N–H and O–H groups in total. The summed E-state index contributed by atoms with van der Waals surface area (Å²) in [6.45, 7) is -0.0963. The number of nitrogens with zero attached hydrogens (tertiary/aromatic N) is 1. The molecule has 0 bridgehead atoms. The van der Waals surface area contributed by atoms with Crippen molar-refractivity contribution >= 4 is 35.2 Å². The zero-order valence-electron chi connectivity index (χ0n) is 14.9.